The first-order chi connectivity index (χ1) is 8.76. The molecule has 98 valence electrons. The minimum absolute atomic E-state index is 0.0763. The number of carbonyl (C=O) groups is 1. The highest BCUT2D eigenvalue weighted by Gasteiger charge is 2.29. The molecule has 1 unspecified atom stereocenters. The number of nitrogens with zero attached hydrogens (tertiary/aromatic N) is 3. The van der Waals surface area contributed by atoms with Gasteiger partial charge in [0.15, 0.2) is 0 Å². The fourth-order valence-corrected chi connectivity index (χ4v) is 2.18. The van der Waals surface area contributed by atoms with E-state index in [-0.39, 0.29) is 11.9 Å². The van der Waals surface area contributed by atoms with E-state index >= 15 is 0 Å². The predicted octanol–water partition coefficient (Wildman–Crippen LogP) is 0.623. The van der Waals surface area contributed by atoms with Gasteiger partial charge in [0, 0.05) is 25.7 Å². The molecule has 6 nitrogen and oxygen atoms in total. The maximum Gasteiger partial charge on any atom is 0.242 e. The number of hydrogen-bond acceptors (Lipinski definition) is 5. The van der Waals surface area contributed by atoms with E-state index in [4.69, 9.17) is 0 Å². The number of amides is 1. The van der Waals surface area contributed by atoms with Crippen molar-refractivity contribution >= 4 is 17.5 Å². The van der Waals surface area contributed by atoms with Crippen LogP contribution in [0, 0.1) is 0 Å². The van der Waals surface area contributed by atoms with E-state index in [1.165, 1.54) is 6.33 Å². The predicted molar refractivity (Wildman–Crippen MR) is 70.6 cm³/mol. The van der Waals surface area contributed by atoms with Crippen LogP contribution in [0.5, 0.6) is 0 Å². The Hall–Kier alpha value is -1.85. The second-order valence-electron chi connectivity index (χ2n) is 4.20. The Kier molecular flexibility index (Phi) is 3.96. The summed E-state index contributed by atoms with van der Waals surface area (Å²) in [7, 11) is 0. The fraction of sp³-hybridized carbons (Fsp3) is 0.583. The third-order valence-electron chi connectivity index (χ3n) is 3.02. The number of nitrogens with one attached hydrogen (secondary N) is 2. The monoisotopic (exact) mass is 249 g/mol. The van der Waals surface area contributed by atoms with Crippen LogP contribution in [0.1, 0.15) is 20.3 Å². The summed E-state index contributed by atoms with van der Waals surface area (Å²) < 4.78 is 0. The van der Waals surface area contributed by atoms with E-state index in [1.54, 1.807) is 0 Å². The van der Waals surface area contributed by atoms with Crippen LogP contribution in [-0.4, -0.2) is 41.6 Å². The van der Waals surface area contributed by atoms with Gasteiger partial charge in [0.1, 0.15) is 24.0 Å². The molecular formula is C12H19N5O. The molecule has 1 aromatic heterocycles. The Morgan fingerprint density at radius 1 is 1.50 bits per heavy atom. The molecule has 1 aliphatic heterocycles. The number of anilines is 2. The van der Waals surface area contributed by atoms with Gasteiger partial charge in [-0.1, -0.05) is 6.92 Å². The average Bonchev–Trinajstić information content (AvgIpc) is 2.39. The van der Waals surface area contributed by atoms with Gasteiger partial charge >= 0.3 is 0 Å². The molecule has 1 aromatic rings. The van der Waals surface area contributed by atoms with Crippen molar-refractivity contribution in [2.24, 2.45) is 0 Å². The summed E-state index contributed by atoms with van der Waals surface area (Å²) in [5, 5.41) is 6.04. The summed E-state index contributed by atoms with van der Waals surface area (Å²) in [5.41, 5.74) is 0. The average molecular weight is 249 g/mol. The van der Waals surface area contributed by atoms with Crippen LogP contribution in [0.4, 0.5) is 11.6 Å². The van der Waals surface area contributed by atoms with Crippen molar-refractivity contribution < 1.29 is 4.79 Å². The van der Waals surface area contributed by atoms with Crippen LogP contribution in [0.3, 0.4) is 0 Å². The molecule has 1 aliphatic rings. The number of aromatic nitrogens is 2. The molecule has 2 rings (SSSR count). The molecule has 1 amide bonds. The summed E-state index contributed by atoms with van der Waals surface area (Å²) in [6.07, 6.45) is 2.30. The summed E-state index contributed by atoms with van der Waals surface area (Å²) in [6, 6.07) is 1.76. The molecule has 0 bridgehead atoms. The van der Waals surface area contributed by atoms with E-state index in [0.717, 1.165) is 31.1 Å². The van der Waals surface area contributed by atoms with Crippen molar-refractivity contribution in [2.75, 3.05) is 29.9 Å². The second kappa shape index (κ2) is 5.66. The topological polar surface area (TPSA) is 70.2 Å². The van der Waals surface area contributed by atoms with Crippen LogP contribution in [0.25, 0.3) is 0 Å². The third kappa shape index (κ3) is 2.52. The van der Waals surface area contributed by atoms with E-state index in [0.29, 0.717) is 6.54 Å². The first-order valence-corrected chi connectivity index (χ1v) is 6.36. The Labute approximate surface area is 107 Å². The zero-order chi connectivity index (χ0) is 13.0. The number of hydrogen-bond donors (Lipinski definition) is 2. The van der Waals surface area contributed by atoms with Gasteiger partial charge in [-0.25, -0.2) is 9.97 Å². The van der Waals surface area contributed by atoms with Crippen molar-refractivity contribution in [1.82, 2.24) is 15.3 Å². The normalized spacial score (nSPS) is 19.6. The highest BCUT2D eigenvalue weighted by atomic mass is 16.2. The molecule has 1 atom stereocenters. The lowest BCUT2D eigenvalue weighted by atomic mass is 10.1. The Morgan fingerprint density at radius 3 is 3.06 bits per heavy atom. The van der Waals surface area contributed by atoms with Gasteiger partial charge in [0.2, 0.25) is 5.91 Å². The van der Waals surface area contributed by atoms with Crippen LogP contribution >= 0.6 is 0 Å². The van der Waals surface area contributed by atoms with Crippen LogP contribution in [-0.2, 0) is 4.79 Å². The van der Waals surface area contributed by atoms with Crippen molar-refractivity contribution in [1.29, 1.82) is 0 Å². The van der Waals surface area contributed by atoms with Gasteiger partial charge < -0.3 is 15.5 Å². The van der Waals surface area contributed by atoms with Gasteiger partial charge in [-0.05, 0) is 13.3 Å². The zero-order valence-corrected chi connectivity index (χ0v) is 10.8. The maximum absolute atomic E-state index is 11.8. The number of rotatable bonds is 4. The van der Waals surface area contributed by atoms with E-state index < -0.39 is 0 Å². The van der Waals surface area contributed by atoms with Crippen molar-refractivity contribution in [2.45, 2.75) is 26.3 Å². The minimum Gasteiger partial charge on any atom is -0.370 e. The highest BCUT2D eigenvalue weighted by Crippen LogP contribution is 2.19. The van der Waals surface area contributed by atoms with E-state index in [2.05, 4.69) is 20.6 Å². The van der Waals surface area contributed by atoms with E-state index in [1.807, 2.05) is 24.8 Å². The molecule has 0 aromatic carbocycles. The first-order valence-electron chi connectivity index (χ1n) is 6.36. The lowest BCUT2D eigenvalue weighted by molar-refractivity contribution is -0.123. The van der Waals surface area contributed by atoms with Crippen LogP contribution in [0.15, 0.2) is 12.4 Å². The van der Waals surface area contributed by atoms with Gasteiger partial charge in [-0.3, -0.25) is 4.79 Å². The van der Waals surface area contributed by atoms with Crippen molar-refractivity contribution in [3.05, 3.63) is 12.4 Å². The second-order valence-corrected chi connectivity index (χ2v) is 4.20. The van der Waals surface area contributed by atoms with Gasteiger partial charge in [-0.2, -0.15) is 0 Å². The molecule has 0 spiro atoms. The molecule has 0 radical (unpaired) electrons. The molecule has 0 aliphatic carbocycles. The minimum atomic E-state index is -0.136. The zero-order valence-electron chi connectivity index (χ0n) is 10.8. The first kappa shape index (κ1) is 12.6. The third-order valence-corrected chi connectivity index (χ3v) is 3.02. The SMILES string of the molecule is CCNc1cc(N2CCNC(=O)C2CC)ncn1. The molecule has 1 fully saturated rings. The number of carbonyl (C=O) groups excluding carboxylic acids is 1. The summed E-state index contributed by atoms with van der Waals surface area (Å²) in [4.78, 5) is 22.3. The molecular weight excluding hydrogens is 230 g/mol. The molecule has 1 saturated heterocycles. The highest BCUT2D eigenvalue weighted by molar-refractivity contribution is 5.86. The molecule has 2 heterocycles. The summed E-state index contributed by atoms with van der Waals surface area (Å²) in [6.45, 7) is 6.29. The largest absolute Gasteiger partial charge is 0.370 e. The number of piperazine rings is 1. The molecule has 2 N–H and O–H groups in total. The fourth-order valence-electron chi connectivity index (χ4n) is 2.18. The quantitative estimate of drug-likeness (QED) is 0.818. The van der Waals surface area contributed by atoms with Crippen LogP contribution in [0.2, 0.25) is 0 Å². The van der Waals surface area contributed by atoms with Crippen molar-refractivity contribution in [3.63, 3.8) is 0 Å². The Balaban J connectivity index is 2.23. The molecule has 6 heteroatoms. The standard InChI is InChI=1S/C12H19N5O/c1-3-9-12(18)14-5-6-17(9)11-7-10(13-4-2)15-8-16-11/h7-9H,3-6H2,1-2H3,(H,14,18)(H,13,15,16). The van der Waals surface area contributed by atoms with Crippen molar-refractivity contribution in [3.8, 4) is 0 Å². The molecule has 0 saturated carbocycles. The maximum atomic E-state index is 11.8. The summed E-state index contributed by atoms with van der Waals surface area (Å²) in [5.74, 6) is 1.68. The lowest BCUT2D eigenvalue weighted by Gasteiger charge is -2.35. The van der Waals surface area contributed by atoms with Gasteiger partial charge in [0.25, 0.3) is 0 Å². The van der Waals surface area contributed by atoms with Gasteiger partial charge in [0.05, 0.1) is 0 Å². The van der Waals surface area contributed by atoms with E-state index in [9.17, 15) is 4.79 Å². The summed E-state index contributed by atoms with van der Waals surface area (Å²) >= 11 is 0. The van der Waals surface area contributed by atoms with Crippen LogP contribution < -0.4 is 15.5 Å². The Morgan fingerprint density at radius 2 is 2.33 bits per heavy atom. The smallest absolute Gasteiger partial charge is 0.242 e. The Bertz CT molecular complexity index is 423. The lowest BCUT2D eigenvalue weighted by Crippen LogP contribution is -2.55. The van der Waals surface area contributed by atoms with Gasteiger partial charge in [-0.15, -0.1) is 0 Å². The molecule has 18 heavy (non-hydrogen) atoms.